The minimum atomic E-state index is 0.664. The van der Waals surface area contributed by atoms with Gasteiger partial charge in [-0.3, -0.25) is 0 Å². The van der Waals surface area contributed by atoms with Crippen molar-refractivity contribution in [3.63, 3.8) is 0 Å². The van der Waals surface area contributed by atoms with E-state index in [0.717, 1.165) is 18.6 Å². The van der Waals surface area contributed by atoms with Gasteiger partial charge in [0, 0.05) is 12.0 Å². The van der Waals surface area contributed by atoms with Gasteiger partial charge in [-0.1, -0.05) is 51.2 Å². The van der Waals surface area contributed by atoms with Crippen LogP contribution in [0.5, 0.6) is 5.75 Å². The summed E-state index contributed by atoms with van der Waals surface area (Å²) in [5.74, 6) is 0.929. The molecule has 1 aliphatic rings. The number of fused-ring (bicyclic) bond motifs is 2. The Kier molecular flexibility index (Phi) is 5.53. The first kappa shape index (κ1) is 13.4. The summed E-state index contributed by atoms with van der Waals surface area (Å²) < 4.78 is 0. The van der Waals surface area contributed by atoms with Crippen LogP contribution in [0.4, 0.5) is 0 Å². The van der Waals surface area contributed by atoms with Gasteiger partial charge in [-0.2, -0.15) is 4.89 Å². The van der Waals surface area contributed by atoms with Crippen LogP contribution in [0, 0.1) is 0 Å². The van der Waals surface area contributed by atoms with E-state index < -0.39 is 0 Å². The average molecular weight is 248 g/mol. The zero-order valence-electron chi connectivity index (χ0n) is 11.4. The van der Waals surface area contributed by atoms with Crippen molar-refractivity contribution >= 4 is 0 Å². The molecule has 1 aromatic rings. The zero-order chi connectivity index (χ0) is 12.6. The first-order valence-corrected chi connectivity index (χ1v) is 7.32. The maximum atomic E-state index is 5.33. The largest absolute Gasteiger partial charge is 0.337 e. The van der Waals surface area contributed by atoms with Crippen molar-refractivity contribution in [3.05, 3.63) is 29.3 Å². The molecule has 0 radical (unpaired) electrons. The average Bonchev–Trinajstić information content (AvgIpc) is 2.50. The summed E-state index contributed by atoms with van der Waals surface area (Å²) in [6, 6.07) is 6.28. The molecule has 2 bridgehead atoms. The summed E-state index contributed by atoms with van der Waals surface area (Å²) in [5, 5.41) is 0. The first-order chi connectivity index (χ1) is 8.92. The van der Waals surface area contributed by atoms with Crippen LogP contribution in [0.3, 0.4) is 0 Å². The number of hydrogen-bond donors (Lipinski definition) is 0. The van der Waals surface area contributed by atoms with Gasteiger partial charge >= 0.3 is 0 Å². The van der Waals surface area contributed by atoms with E-state index in [1.807, 2.05) is 6.07 Å². The van der Waals surface area contributed by atoms with Crippen LogP contribution in [0.25, 0.3) is 0 Å². The van der Waals surface area contributed by atoms with Crippen molar-refractivity contribution in [2.75, 3.05) is 6.61 Å². The molecule has 0 aromatic heterocycles. The van der Waals surface area contributed by atoms with Gasteiger partial charge in [0.15, 0.2) is 5.75 Å². The van der Waals surface area contributed by atoms with E-state index in [4.69, 9.17) is 9.78 Å². The van der Waals surface area contributed by atoms with Gasteiger partial charge in [0.2, 0.25) is 0 Å². The fourth-order valence-corrected chi connectivity index (χ4v) is 2.55. The molecule has 2 nitrogen and oxygen atoms in total. The van der Waals surface area contributed by atoms with Crippen LogP contribution >= 0.6 is 0 Å². The fraction of sp³-hybridized carbons (Fsp3) is 0.625. The van der Waals surface area contributed by atoms with Crippen molar-refractivity contribution in [1.29, 1.82) is 0 Å². The Morgan fingerprint density at radius 3 is 2.78 bits per heavy atom. The van der Waals surface area contributed by atoms with E-state index >= 15 is 0 Å². The lowest BCUT2D eigenvalue weighted by Gasteiger charge is -2.09. The molecule has 100 valence electrons. The molecule has 1 heterocycles. The van der Waals surface area contributed by atoms with Gasteiger partial charge in [0.1, 0.15) is 0 Å². The Labute approximate surface area is 110 Å². The molecule has 0 unspecified atom stereocenters. The van der Waals surface area contributed by atoms with Gasteiger partial charge < -0.3 is 4.89 Å². The molecule has 0 spiro atoms. The van der Waals surface area contributed by atoms with Crippen molar-refractivity contribution in [1.82, 2.24) is 0 Å². The minimum Gasteiger partial charge on any atom is -0.337 e. The maximum absolute atomic E-state index is 5.33. The molecule has 2 rings (SSSR count). The molecule has 0 fully saturated rings. The Bertz CT molecular complexity index is 336. The molecule has 0 atom stereocenters. The second-order valence-corrected chi connectivity index (χ2v) is 5.07. The third-order valence-electron chi connectivity index (χ3n) is 3.61. The Hall–Kier alpha value is -1.02. The lowest BCUT2D eigenvalue weighted by atomic mass is 9.98. The van der Waals surface area contributed by atoms with E-state index in [1.165, 1.54) is 49.7 Å². The number of unbranched alkanes of at least 4 members (excludes halogenated alkanes) is 5. The molecule has 2 heteroatoms. The summed E-state index contributed by atoms with van der Waals surface area (Å²) in [4.78, 5) is 10.5. The third kappa shape index (κ3) is 3.74. The highest BCUT2D eigenvalue weighted by Gasteiger charge is 2.13. The van der Waals surface area contributed by atoms with Gasteiger partial charge in [-0.05, 0) is 24.5 Å². The lowest BCUT2D eigenvalue weighted by Crippen LogP contribution is -1.96. The first-order valence-electron chi connectivity index (χ1n) is 7.32. The predicted molar refractivity (Wildman–Crippen MR) is 73.8 cm³/mol. The molecular weight excluding hydrogens is 224 g/mol. The molecule has 0 saturated heterocycles. The molecule has 0 N–H and O–H groups in total. The SMILES string of the molecule is CCCCCCCCc1c2cccc1OOCC2. The summed E-state index contributed by atoms with van der Waals surface area (Å²) in [5.41, 5.74) is 2.77. The normalized spacial score (nSPS) is 14.1. The highest BCUT2D eigenvalue weighted by Crippen LogP contribution is 2.27. The van der Waals surface area contributed by atoms with Crippen LogP contribution in [-0.4, -0.2) is 6.61 Å². The van der Waals surface area contributed by atoms with Crippen molar-refractivity contribution < 1.29 is 9.78 Å². The van der Waals surface area contributed by atoms with Crippen LogP contribution < -0.4 is 4.89 Å². The second-order valence-electron chi connectivity index (χ2n) is 5.07. The van der Waals surface area contributed by atoms with E-state index in [0.29, 0.717) is 6.61 Å². The Balaban J connectivity index is 1.82. The predicted octanol–water partition coefficient (Wildman–Crippen LogP) is 4.46. The van der Waals surface area contributed by atoms with E-state index in [2.05, 4.69) is 19.1 Å². The number of benzene rings is 1. The lowest BCUT2D eigenvalue weighted by molar-refractivity contribution is -0.203. The summed E-state index contributed by atoms with van der Waals surface area (Å²) in [6.45, 7) is 2.92. The van der Waals surface area contributed by atoms with Gasteiger partial charge in [0.05, 0.1) is 6.61 Å². The zero-order valence-corrected chi connectivity index (χ0v) is 11.4. The minimum absolute atomic E-state index is 0.664. The standard InChI is InChI=1S/C16H24O2/c1-2-3-4-5-6-7-10-15-14-9-8-11-16(15)18-17-13-12-14/h8-9,11H,2-7,10,12-13H2,1H3. The fourth-order valence-electron chi connectivity index (χ4n) is 2.55. The van der Waals surface area contributed by atoms with Crippen molar-refractivity contribution in [2.45, 2.75) is 58.3 Å². The molecule has 0 saturated carbocycles. The molecular formula is C16H24O2. The quantitative estimate of drug-likeness (QED) is 0.524. The Morgan fingerprint density at radius 1 is 1.06 bits per heavy atom. The maximum Gasteiger partial charge on any atom is 0.168 e. The number of rotatable bonds is 7. The van der Waals surface area contributed by atoms with Gasteiger partial charge in [-0.15, -0.1) is 0 Å². The van der Waals surface area contributed by atoms with Gasteiger partial charge in [0.25, 0.3) is 0 Å². The Morgan fingerprint density at radius 2 is 1.89 bits per heavy atom. The summed E-state index contributed by atoms with van der Waals surface area (Å²) in [6.07, 6.45) is 10.1. The molecule has 0 amide bonds. The van der Waals surface area contributed by atoms with Crippen LogP contribution in [-0.2, 0) is 17.7 Å². The van der Waals surface area contributed by atoms with E-state index in [9.17, 15) is 0 Å². The highest BCUT2D eigenvalue weighted by molar-refractivity contribution is 5.40. The van der Waals surface area contributed by atoms with Crippen LogP contribution in [0.15, 0.2) is 18.2 Å². The van der Waals surface area contributed by atoms with E-state index in [1.54, 1.807) is 0 Å². The van der Waals surface area contributed by atoms with Crippen molar-refractivity contribution in [2.24, 2.45) is 0 Å². The number of hydrogen-bond acceptors (Lipinski definition) is 2. The molecule has 1 aromatic carbocycles. The highest BCUT2D eigenvalue weighted by atomic mass is 17.2. The van der Waals surface area contributed by atoms with Crippen LogP contribution in [0.1, 0.15) is 56.6 Å². The van der Waals surface area contributed by atoms with Gasteiger partial charge in [-0.25, -0.2) is 0 Å². The smallest absolute Gasteiger partial charge is 0.168 e. The van der Waals surface area contributed by atoms with E-state index in [-0.39, 0.29) is 0 Å². The topological polar surface area (TPSA) is 18.5 Å². The second kappa shape index (κ2) is 7.42. The monoisotopic (exact) mass is 248 g/mol. The summed E-state index contributed by atoms with van der Waals surface area (Å²) in [7, 11) is 0. The molecule has 0 aliphatic carbocycles. The van der Waals surface area contributed by atoms with Crippen molar-refractivity contribution in [3.8, 4) is 5.75 Å². The van der Waals surface area contributed by atoms with Crippen LogP contribution in [0.2, 0.25) is 0 Å². The molecule has 18 heavy (non-hydrogen) atoms. The third-order valence-corrected chi connectivity index (χ3v) is 3.61. The molecule has 1 aliphatic heterocycles. The summed E-state index contributed by atoms with van der Waals surface area (Å²) >= 11 is 0.